The number of nitrogens with one attached hydrogen (secondary N) is 1. The van der Waals surface area contributed by atoms with E-state index < -0.39 is 0 Å². The van der Waals surface area contributed by atoms with Gasteiger partial charge in [0.2, 0.25) is 5.91 Å². The summed E-state index contributed by atoms with van der Waals surface area (Å²) in [6.07, 6.45) is 0.170. The molecule has 0 saturated carbocycles. The van der Waals surface area contributed by atoms with Crippen molar-refractivity contribution in [3.8, 4) is 22.6 Å². The molecule has 1 N–H and O–H groups in total. The largest absolute Gasteiger partial charge is 0.486 e. The van der Waals surface area contributed by atoms with Crippen molar-refractivity contribution in [3.63, 3.8) is 0 Å². The molecule has 1 aliphatic rings. The molecule has 1 amide bonds. The predicted molar refractivity (Wildman–Crippen MR) is 105 cm³/mol. The van der Waals surface area contributed by atoms with Crippen LogP contribution in [0.4, 0.5) is 0 Å². The minimum absolute atomic E-state index is 0.0232. The van der Waals surface area contributed by atoms with Gasteiger partial charge < -0.3 is 14.8 Å². The highest BCUT2D eigenvalue weighted by Gasteiger charge is 2.20. The summed E-state index contributed by atoms with van der Waals surface area (Å²) in [6, 6.07) is 25.9. The van der Waals surface area contributed by atoms with Crippen LogP contribution in [0.25, 0.3) is 11.1 Å². The number of ether oxygens (including phenoxy) is 2. The Bertz CT molecular complexity index is 906. The summed E-state index contributed by atoms with van der Waals surface area (Å²) in [6.45, 7) is 0.859. The summed E-state index contributed by atoms with van der Waals surface area (Å²) < 4.78 is 11.5. The molecule has 0 unspecified atom stereocenters. The van der Waals surface area contributed by atoms with Crippen molar-refractivity contribution in [1.82, 2.24) is 5.32 Å². The van der Waals surface area contributed by atoms with Crippen molar-refractivity contribution in [2.75, 3.05) is 13.2 Å². The summed E-state index contributed by atoms with van der Waals surface area (Å²) in [7, 11) is 0. The number of hydrogen-bond acceptors (Lipinski definition) is 3. The number of rotatable bonds is 5. The number of carbonyl (C=O) groups is 1. The Balaban J connectivity index is 1.29. The van der Waals surface area contributed by atoms with Gasteiger partial charge in [-0.3, -0.25) is 4.79 Å². The van der Waals surface area contributed by atoms with E-state index in [1.165, 1.54) is 5.56 Å². The molecule has 0 bridgehead atoms. The lowest BCUT2D eigenvalue weighted by Crippen LogP contribution is -2.41. The maximum Gasteiger partial charge on any atom is 0.224 e. The minimum atomic E-state index is -0.177. The van der Waals surface area contributed by atoms with Crippen molar-refractivity contribution >= 4 is 5.91 Å². The predicted octanol–water partition coefficient (Wildman–Crippen LogP) is 3.85. The van der Waals surface area contributed by atoms with Gasteiger partial charge in [-0.1, -0.05) is 66.7 Å². The Kier molecular flexibility index (Phi) is 5.06. The first-order valence-electron chi connectivity index (χ1n) is 9.07. The zero-order chi connectivity index (χ0) is 18.5. The van der Waals surface area contributed by atoms with E-state index in [1.807, 2.05) is 66.7 Å². The van der Waals surface area contributed by atoms with Gasteiger partial charge in [0.25, 0.3) is 0 Å². The third-order valence-electron chi connectivity index (χ3n) is 4.52. The molecule has 0 spiro atoms. The molecule has 3 aromatic rings. The van der Waals surface area contributed by atoms with Gasteiger partial charge in [0.1, 0.15) is 12.7 Å². The highest BCUT2D eigenvalue weighted by molar-refractivity contribution is 5.79. The first-order valence-corrected chi connectivity index (χ1v) is 9.07. The van der Waals surface area contributed by atoms with E-state index in [-0.39, 0.29) is 12.0 Å². The van der Waals surface area contributed by atoms with Crippen molar-refractivity contribution in [2.45, 2.75) is 12.5 Å². The topological polar surface area (TPSA) is 47.6 Å². The van der Waals surface area contributed by atoms with Crippen LogP contribution in [0, 0.1) is 0 Å². The summed E-state index contributed by atoms with van der Waals surface area (Å²) in [5.74, 6) is 1.45. The smallest absolute Gasteiger partial charge is 0.224 e. The van der Waals surface area contributed by atoms with E-state index in [0.29, 0.717) is 19.6 Å². The van der Waals surface area contributed by atoms with E-state index in [9.17, 15) is 4.79 Å². The van der Waals surface area contributed by atoms with E-state index in [2.05, 4.69) is 17.4 Å². The number of carbonyl (C=O) groups excluding carboxylic acids is 1. The molecule has 0 saturated heterocycles. The standard InChI is InChI=1S/C23H21NO3/c25-23(24-15-20-16-26-21-8-4-5-9-22(21)27-20)14-17-10-12-19(13-11-17)18-6-2-1-3-7-18/h1-13,20H,14-16H2,(H,24,25)/t20-/m1/s1. The second kappa shape index (κ2) is 7.96. The van der Waals surface area contributed by atoms with E-state index in [4.69, 9.17) is 9.47 Å². The Labute approximate surface area is 158 Å². The molecule has 136 valence electrons. The van der Waals surface area contributed by atoms with Crippen LogP contribution < -0.4 is 14.8 Å². The molecule has 0 fully saturated rings. The molecule has 1 aliphatic heterocycles. The van der Waals surface area contributed by atoms with Crippen LogP contribution in [0.3, 0.4) is 0 Å². The maximum absolute atomic E-state index is 12.2. The fourth-order valence-electron chi connectivity index (χ4n) is 3.08. The van der Waals surface area contributed by atoms with Crippen molar-refractivity contribution in [3.05, 3.63) is 84.4 Å². The van der Waals surface area contributed by atoms with Gasteiger partial charge in [-0.05, 0) is 28.8 Å². The molecule has 1 atom stereocenters. The van der Waals surface area contributed by atoms with Crippen LogP contribution in [-0.2, 0) is 11.2 Å². The van der Waals surface area contributed by atoms with Gasteiger partial charge in [-0.2, -0.15) is 0 Å². The Morgan fingerprint density at radius 3 is 2.30 bits per heavy atom. The molecule has 4 heteroatoms. The molecular formula is C23H21NO3. The van der Waals surface area contributed by atoms with Crippen LogP contribution >= 0.6 is 0 Å². The fourth-order valence-corrected chi connectivity index (χ4v) is 3.08. The zero-order valence-electron chi connectivity index (χ0n) is 14.9. The number of para-hydroxylation sites is 2. The minimum Gasteiger partial charge on any atom is -0.486 e. The third-order valence-corrected chi connectivity index (χ3v) is 4.52. The normalized spacial score (nSPS) is 15.2. The number of amides is 1. The lowest BCUT2D eigenvalue weighted by atomic mass is 10.0. The summed E-state index contributed by atoms with van der Waals surface area (Å²) >= 11 is 0. The van der Waals surface area contributed by atoms with Crippen molar-refractivity contribution < 1.29 is 14.3 Å². The average molecular weight is 359 g/mol. The quantitative estimate of drug-likeness (QED) is 0.753. The summed E-state index contributed by atoms with van der Waals surface area (Å²) in [5.41, 5.74) is 3.30. The molecule has 4 nitrogen and oxygen atoms in total. The molecule has 27 heavy (non-hydrogen) atoms. The first kappa shape index (κ1) is 17.2. The Morgan fingerprint density at radius 2 is 1.52 bits per heavy atom. The van der Waals surface area contributed by atoms with E-state index >= 15 is 0 Å². The van der Waals surface area contributed by atoms with Crippen LogP contribution in [-0.4, -0.2) is 25.2 Å². The highest BCUT2D eigenvalue weighted by Crippen LogP contribution is 2.30. The Hall–Kier alpha value is -3.27. The van der Waals surface area contributed by atoms with Gasteiger partial charge in [0.05, 0.1) is 13.0 Å². The monoisotopic (exact) mass is 359 g/mol. The lowest BCUT2D eigenvalue weighted by molar-refractivity contribution is -0.120. The van der Waals surface area contributed by atoms with Gasteiger partial charge in [-0.25, -0.2) is 0 Å². The molecule has 0 aromatic heterocycles. The van der Waals surface area contributed by atoms with Gasteiger partial charge in [0, 0.05) is 0 Å². The van der Waals surface area contributed by atoms with Gasteiger partial charge in [0.15, 0.2) is 11.5 Å². The molecule has 0 aliphatic carbocycles. The number of fused-ring (bicyclic) bond motifs is 1. The number of hydrogen-bond donors (Lipinski definition) is 1. The fraction of sp³-hybridized carbons (Fsp3) is 0.174. The SMILES string of the molecule is O=C(Cc1ccc(-c2ccccc2)cc1)NC[C@@H]1COc2ccccc2O1. The first-order chi connectivity index (χ1) is 13.3. The van der Waals surface area contributed by atoms with Gasteiger partial charge >= 0.3 is 0 Å². The maximum atomic E-state index is 12.2. The summed E-state index contributed by atoms with van der Waals surface area (Å²) in [5, 5.41) is 2.93. The van der Waals surface area contributed by atoms with Crippen molar-refractivity contribution in [2.24, 2.45) is 0 Å². The van der Waals surface area contributed by atoms with Crippen molar-refractivity contribution in [1.29, 1.82) is 0 Å². The second-order valence-corrected chi connectivity index (χ2v) is 6.54. The average Bonchev–Trinajstić information content (AvgIpc) is 2.73. The summed E-state index contributed by atoms with van der Waals surface area (Å²) in [4.78, 5) is 12.2. The molecule has 4 rings (SSSR count). The zero-order valence-corrected chi connectivity index (χ0v) is 14.9. The molecule has 0 radical (unpaired) electrons. The second-order valence-electron chi connectivity index (χ2n) is 6.54. The van der Waals surface area contributed by atoms with Crippen LogP contribution in [0.1, 0.15) is 5.56 Å². The lowest BCUT2D eigenvalue weighted by Gasteiger charge is -2.26. The van der Waals surface area contributed by atoms with Crippen LogP contribution in [0.15, 0.2) is 78.9 Å². The van der Waals surface area contributed by atoms with E-state index in [0.717, 1.165) is 22.6 Å². The van der Waals surface area contributed by atoms with E-state index in [1.54, 1.807) is 0 Å². The third kappa shape index (κ3) is 4.29. The molecule has 3 aromatic carbocycles. The molecular weight excluding hydrogens is 338 g/mol. The van der Waals surface area contributed by atoms with Gasteiger partial charge in [-0.15, -0.1) is 0 Å². The van der Waals surface area contributed by atoms with Crippen LogP contribution in [0.5, 0.6) is 11.5 Å². The Morgan fingerprint density at radius 1 is 0.852 bits per heavy atom. The molecule has 1 heterocycles. The highest BCUT2D eigenvalue weighted by atomic mass is 16.6. The van der Waals surface area contributed by atoms with Crippen LogP contribution in [0.2, 0.25) is 0 Å². The number of benzene rings is 3.